The molecule has 0 saturated heterocycles. The fraction of sp³-hybridized carbons (Fsp3) is 0.200. The summed E-state index contributed by atoms with van der Waals surface area (Å²) in [6.07, 6.45) is 0. The summed E-state index contributed by atoms with van der Waals surface area (Å²) < 4.78 is 0. The molecule has 0 radical (unpaired) electrons. The highest BCUT2D eigenvalue weighted by atomic mass is 35.5. The van der Waals surface area contributed by atoms with E-state index in [0.29, 0.717) is 16.3 Å². The fourth-order valence-electron chi connectivity index (χ4n) is 1.06. The van der Waals surface area contributed by atoms with Crippen molar-refractivity contribution in [1.29, 1.82) is 5.26 Å². The molecule has 0 aliphatic heterocycles. The Labute approximate surface area is 87.5 Å². The Hall–Kier alpha value is -1.53. The van der Waals surface area contributed by atoms with E-state index in [2.05, 4.69) is 0 Å². The van der Waals surface area contributed by atoms with E-state index in [1.165, 1.54) is 17.9 Å². The summed E-state index contributed by atoms with van der Waals surface area (Å²) in [5.74, 6) is -0.121. The lowest BCUT2D eigenvalue weighted by Crippen LogP contribution is -2.23. The maximum absolute atomic E-state index is 11.1. The normalized spacial score (nSPS) is 9.29. The standard InChI is InChI=1S/C10H9ClN2O/c1-7(14)13(2)10-4-3-9(11)5-8(10)6-12/h3-5H,1-2H3. The number of hydrogen-bond donors (Lipinski definition) is 0. The van der Waals surface area contributed by atoms with Crippen LogP contribution < -0.4 is 4.90 Å². The molecule has 0 aliphatic carbocycles. The van der Waals surface area contributed by atoms with Crippen LogP contribution in [0.1, 0.15) is 12.5 Å². The van der Waals surface area contributed by atoms with Gasteiger partial charge in [0.05, 0.1) is 11.3 Å². The highest BCUT2D eigenvalue weighted by Crippen LogP contribution is 2.22. The number of halogens is 1. The summed E-state index contributed by atoms with van der Waals surface area (Å²) in [5, 5.41) is 9.32. The van der Waals surface area contributed by atoms with Crippen LogP contribution in [0.4, 0.5) is 5.69 Å². The minimum absolute atomic E-state index is 0.121. The number of hydrogen-bond acceptors (Lipinski definition) is 2. The van der Waals surface area contributed by atoms with Crippen molar-refractivity contribution in [3.63, 3.8) is 0 Å². The van der Waals surface area contributed by atoms with Gasteiger partial charge >= 0.3 is 0 Å². The SMILES string of the molecule is CC(=O)N(C)c1ccc(Cl)cc1C#N. The van der Waals surface area contributed by atoms with Gasteiger partial charge in [-0.15, -0.1) is 0 Å². The predicted molar refractivity (Wildman–Crippen MR) is 55.3 cm³/mol. The molecule has 72 valence electrons. The second-order valence-electron chi connectivity index (χ2n) is 2.85. The van der Waals surface area contributed by atoms with E-state index in [9.17, 15) is 4.79 Å². The Bertz CT molecular complexity index is 409. The van der Waals surface area contributed by atoms with Gasteiger partial charge in [-0.25, -0.2) is 0 Å². The van der Waals surface area contributed by atoms with Crippen molar-refractivity contribution < 1.29 is 4.79 Å². The number of nitrogens with zero attached hydrogens (tertiary/aromatic N) is 2. The highest BCUT2D eigenvalue weighted by Gasteiger charge is 2.10. The minimum Gasteiger partial charge on any atom is -0.314 e. The maximum Gasteiger partial charge on any atom is 0.223 e. The van der Waals surface area contributed by atoms with Crippen LogP contribution in [0.3, 0.4) is 0 Å². The molecule has 1 aromatic carbocycles. The lowest BCUT2D eigenvalue weighted by atomic mass is 10.2. The third kappa shape index (κ3) is 2.04. The van der Waals surface area contributed by atoms with Crippen molar-refractivity contribution in [2.75, 3.05) is 11.9 Å². The van der Waals surface area contributed by atoms with E-state index in [4.69, 9.17) is 16.9 Å². The van der Waals surface area contributed by atoms with Gasteiger partial charge in [0.15, 0.2) is 0 Å². The Morgan fingerprint density at radius 2 is 2.21 bits per heavy atom. The topological polar surface area (TPSA) is 44.1 Å². The number of nitriles is 1. The number of carbonyl (C=O) groups is 1. The molecule has 0 fully saturated rings. The average molecular weight is 209 g/mol. The maximum atomic E-state index is 11.1. The van der Waals surface area contributed by atoms with E-state index in [1.807, 2.05) is 6.07 Å². The first-order valence-corrected chi connectivity index (χ1v) is 4.38. The first-order chi connectivity index (χ1) is 6.56. The minimum atomic E-state index is -0.121. The zero-order valence-electron chi connectivity index (χ0n) is 7.91. The van der Waals surface area contributed by atoms with Gasteiger partial charge in [-0.2, -0.15) is 5.26 Å². The number of amides is 1. The molecule has 0 unspecified atom stereocenters. The quantitative estimate of drug-likeness (QED) is 0.710. The molecule has 1 amide bonds. The van der Waals surface area contributed by atoms with Gasteiger partial charge in [-0.3, -0.25) is 4.79 Å². The van der Waals surface area contributed by atoms with Crippen molar-refractivity contribution in [2.45, 2.75) is 6.92 Å². The summed E-state index contributed by atoms with van der Waals surface area (Å²) in [7, 11) is 1.62. The summed E-state index contributed by atoms with van der Waals surface area (Å²) in [4.78, 5) is 12.5. The van der Waals surface area contributed by atoms with Crippen molar-refractivity contribution in [2.24, 2.45) is 0 Å². The molecule has 1 rings (SSSR count). The lowest BCUT2D eigenvalue weighted by Gasteiger charge is -2.16. The van der Waals surface area contributed by atoms with Crippen molar-refractivity contribution >= 4 is 23.2 Å². The van der Waals surface area contributed by atoms with Crippen molar-refractivity contribution in [1.82, 2.24) is 0 Å². The van der Waals surface area contributed by atoms with Gasteiger partial charge in [-0.05, 0) is 18.2 Å². The van der Waals surface area contributed by atoms with Crippen LogP contribution in [0.25, 0.3) is 0 Å². The molecule has 0 N–H and O–H groups in total. The van der Waals surface area contributed by atoms with Crippen LogP contribution >= 0.6 is 11.6 Å². The number of benzene rings is 1. The van der Waals surface area contributed by atoms with Crippen molar-refractivity contribution in [3.05, 3.63) is 28.8 Å². The third-order valence-electron chi connectivity index (χ3n) is 1.91. The second-order valence-corrected chi connectivity index (χ2v) is 3.29. The van der Waals surface area contributed by atoms with Crippen LogP contribution in [0.5, 0.6) is 0 Å². The molecule has 0 atom stereocenters. The molecular weight excluding hydrogens is 200 g/mol. The summed E-state index contributed by atoms with van der Waals surface area (Å²) >= 11 is 5.73. The van der Waals surface area contributed by atoms with Crippen LogP contribution in [-0.2, 0) is 4.79 Å². The van der Waals surface area contributed by atoms with E-state index in [1.54, 1.807) is 19.2 Å². The molecule has 4 heteroatoms. The summed E-state index contributed by atoms with van der Waals surface area (Å²) in [6, 6.07) is 6.84. The van der Waals surface area contributed by atoms with Gasteiger partial charge in [0.2, 0.25) is 5.91 Å². The lowest BCUT2D eigenvalue weighted by molar-refractivity contribution is -0.116. The molecule has 0 spiro atoms. The first kappa shape index (κ1) is 10.6. The van der Waals surface area contributed by atoms with Gasteiger partial charge in [-0.1, -0.05) is 11.6 Å². The molecule has 3 nitrogen and oxygen atoms in total. The van der Waals surface area contributed by atoms with Gasteiger partial charge in [0.25, 0.3) is 0 Å². The Morgan fingerprint density at radius 1 is 1.57 bits per heavy atom. The first-order valence-electron chi connectivity index (χ1n) is 4.00. The van der Waals surface area contributed by atoms with Gasteiger partial charge in [0.1, 0.15) is 6.07 Å². The zero-order chi connectivity index (χ0) is 10.7. The second kappa shape index (κ2) is 4.12. The van der Waals surface area contributed by atoms with Crippen LogP contribution in [-0.4, -0.2) is 13.0 Å². The number of carbonyl (C=O) groups excluding carboxylic acids is 1. The van der Waals surface area contributed by atoms with E-state index in [-0.39, 0.29) is 5.91 Å². The van der Waals surface area contributed by atoms with Gasteiger partial charge in [0, 0.05) is 19.0 Å². The smallest absolute Gasteiger partial charge is 0.223 e. The summed E-state index contributed by atoms with van der Waals surface area (Å²) in [5.41, 5.74) is 0.972. The molecule has 0 bridgehead atoms. The van der Waals surface area contributed by atoms with Crippen LogP contribution in [0.2, 0.25) is 5.02 Å². The predicted octanol–water partition coefficient (Wildman–Crippen LogP) is 2.19. The molecule has 0 heterocycles. The molecule has 1 aromatic rings. The largest absolute Gasteiger partial charge is 0.314 e. The average Bonchev–Trinajstić information content (AvgIpc) is 2.16. The fourth-order valence-corrected chi connectivity index (χ4v) is 1.23. The monoisotopic (exact) mass is 208 g/mol. The van der Waals surface area contributed by atoms with Gasteiger partial charge < -0.3 is 4.90 Å². The van der Waals surface area contributed by atoms with Crippen LogP contribution in [0, 0.1) is 11.3 Å². The Morgan fingerprint density at radius 3 is 2.71 bits per heavy atom. The summed E-state index contributed by atoms with van der Waals surface area (Å²) in [6.45, 7) is 1.44. The Balaban J connectivity index is 3.22. The Kier molecular flexibility index (Phi) is 3.10. The molecule has 0 aliphatic rings. The van der Waals surface area contributed by atoms with E-state index in [0.717, 1.165) is 0 Å². The zero-order valence-corrected chi connectivity index (χ0v) is 8.67. The van der Waals surface area contributed by atoms with Crippen LogP contribution in [0.15, 0.2) is 18.2 Å². The van der Waals surface area contributed by atoms with E-state index < -0.39 is 0 Å². The number of anilines is 1. The van der Waals surface area contributed by atoms with Crippen molar-refractivity contribution in [3.8, 4) is 6.07 Å². The molecule has 0 saturated carbocycles. The number of rotatable bonds is 1. The molecule has 0 aromatic heterocycles. The van der Waals surface area contributed by atoms with E-state index >= 15 is 0 Å². The third-order valence-corrected chi connectivity index (χ3v) is 2.15. The molecular formula is C10H9ClN2O. The molecule has 14 heavy (non-hydrogen) atoms. The highest BCUT2D eigenvalue weighted by molar-refractivity contribution is 6.30.